The molecule has 2 aromatic rings. The predicted octanol–water partition coefficient (Wildman–Crippen LogP) is 5.45. The number of carbonyl (C=O) groups excluding carboxylic acids is 1. The highest BCUT2D eigenvalue weighted by Crippen LogP contribution is 2.33. The monoisotopic (exact) mass is 460 g/mol. The van der Waals surface area contributed by atoms with E-state index in [9.17, 15) is 18.0 Å². The molecule has 1 aromatic carbocycles. The van der Waals surface area contributed by atoms with Crippen LogP contribution in [0.1, 0.15) is 40.0 Å². The predicted molar refractivity (Wildman–Crippen MR) is 111 cm³/mol. The lowest BCUT2D eigenvalue weighted by Crippen LogP contribution is -2.50. The Balaban J connectivity index is 1.57. The third-order valence-electron chi connectivity index (χ3n) is 4.82. The molecule has 1 saturated heterocycles. The van der Waals surface area contributed by atoms with Crippen molar-refractivity contribution in [3.63, 3.8) is 0 Å². The highest BCUT2D eigenvalue weighted by Gasteiger charge is 2.33. The number of nitrogens with one attached hydrogen (secondary N) is 1. The summed E-state index contributed by atoms with van der Waals surface area (Å²) in [5.41, 5.74) is 0.553. The zero-order valence-electron chi connectivity index (χ0n) is 16.8. The molecule has 1 aliphatic heterocycles. The molecule has 1 aliphatic rings. The fourth-order valence-corrected chi connectivity index (χ4v) is 5.41. The summed E-state index contributed by atoms with van der Waals surface area (Å²) >= 11 is 2.64. The first kappa shape index (κ1) is 22.7. The van der Waals surface area contributed by atoms with E-state index in [2.05, 4.69) is 34.1 Å². The van der Waals surface area contributed by atoms with Crippen molar-refractivity contribution >= 4 is 39.8 Å². The van der Waals surface area contributed by atoms with E-state index < -0.39 is 6.36 Å². The Morgan fingerprint density at radius 1 is 1.23 bits per heavy atom. The zero-order chi connectivity index (χ0) is 21.9. The molecule has 30 heavy (non-hydrogen) atoms. The fourth-order valence-electron chi connectivity index (χ4n) is 3.44. The minimum atomic E-state index is -4.72. The maximum absolute atomic E-state index is 12.9. The summed E-state index contributed by atoms with van der Waals surface area (Å²) < 4.78 is 41.2. The van der Waals surface area contributed by atoms with Crippen LogP contribution in [0.3, 0.4) is 0 Å². The van der Waals surface area contributed by atoms with E-state index in [4.69, 9.17) is 0 Å². The van der Waals surface area contributed by atoms with Crippen molar-refractivity contribution in [2.75, 3.05) is 5.32 Å². The lowest BCUT2D eigenvalue weighted by molar-refractivity contribution is -0.274. The summed E-state index contributed by atoms with van der Waals surface area (Å²) in [5, 5.41) is 11.4. The number of hydrogen-bond donors (Lipinski definition) is 1. The molecule has 3 rings (SSSR count). The van der Waals surface area contributed by atoms with Gasteiger partial charge >= 0.3 is 6.36 Å². The van der Waals surface area contributed by atoms with Crippen LogP contribution < -0.4 is 10.1 Å². The molecule has 1 amide bonds. The number of aromatic nitrogens is 2. The van der Waals surface area contributed by atoms with Gasteiger partial charge in [0.2, 0.25) is 11.0 Å². The molecule has 1 aromatic heterocycles. The fraction of sp³-hybridized carbons (Fsp3) is 0.526. The number of alkyl halides is 3. The lowest BCUT2D eigenvalue weighted by atomic mass is 9.97. The minimum Gasteiger partial charge on any atom is -0.406 e. The lowest BCUT2D eigenvalue weighted by Gasteiger charge is -2.40. The Morgan fingerprint density at radius 2 is 1.87 bits per heavy atom. The Morgan fingerprint density at radius 3 is 2.47 bits per heavy atom. The number of carbonyl (C=O) groups is 1. The number of amides is 1. The molecule has 6 nitrogen and oxygen atoms in total. The summed E-state index contributed by atoms with van der Waals surface area (Å²) in [7, 11) is 0. The van der Waals surface area contributed by atoms with Gasteiger partial charge in [0, 0.05) is 17.8 Å². The molecular formula is C19H23F3N4O2S2. The Kier molecular flexibility index (Phi) is 7.12. The van der Waals surface area contributed by atoms with Crippen molar-refractivity contribution in [1.29, 1.82) is 0 Å². The molecule has 2 heterocycles. The van der Waals surface area contributed by atoms with Crippen LogP contribution in [0.2, 0.25) is 0 Å². The van der Waals surface area contributed by atoms with Gasteiger partial charge in [0.25, 0.3) is 0 Å². The van der Waals surface area contributed by atoms with E-state index in [-0.39, 0.29) is 29.0 Å². The number of piperidine rings is 1. The molecule has 0 radical (unpaired) electrons. The van der Waals surface area contributed by atoms with Crippen molar-refractivity contribution in [2.24, 2.45) is 0 Å². The number of anilines is 2. The number of nitrogens with zero attached hydrogens (tertiary/aromatic N) is 3. The van der Waals surface area contributed by atoms with Gasteiger partial charge in [-0.1, -0.05) is 23.1 Å². The molecule has 0 saturated carbocycles. The van der Waals surface area contributed by atoms with Gasteiger partial charge in [-0.25, -0.2) is 0 Å². The van der Waals surface area contributed by atoms with E-state index in [1.165, 1.54) is 47.4 Å². The maximum Gasteiger partial charge on any atom is 0.573 e. The molecule has 3 atom stereocenters. The summed E-state index contributed by atoms with van der Waals surface area (Å²) in [6, 6.07) is 5.82. The van der Waals surface area contributed by atoms with Crippen LogP contribution in [-0.2, 0) is 4.79 Å². The highest BCUT2D eigenvalue weighted by molar-refractivity contribution is 8.02. The van der Waals surface area contributed by atoms with Gasteiger partial charge in [-0.3, -0.25) is 4.79 Å². The Labute approximate surface area is 181 Å². The second-order valence-electron chi connectivity index (χ2n) is 7.20. The summed E-state index contributed by atoms with van der Waals surface area (Å²) in [6.45, 7) is 6.04. The van der Waals surface area contributed by atoms with Gasteiger partial charge in [0.1, 0.15) is 5.75 Å². The van der Waals surface area contributed by atoms with Gasteiger partial charge < -0.3 is 15.0 Å². The molecule has 0 spiro atoms. The van der Waals surface area contributed by atoms with Crippen LogP contribution in [0, 0.1) is 0 Å². The van der Waals surface area contributed by atoms with E-state index in [0.717, 1.165) is 19.3 Å². The van der Waals surface area contributed by atoms with Crippen molar-refractivity contribution < 1.29 is 22.7 Å². The number of ether oxygens (including phenoxy) is 1. The van der Waals surface area contributed by atoms with Gasteiger partial charge in [-0.15, -0.1) is 23.4 Å². The number of hydrogen-bond acceptors (Lipinski definition) is 7. The number of thioether (sulfide) groups is 1. The van der Waals surface area contributed by atoms with E-state index >= 15 is 0 Å². The van der Waals surface area contributed by atoms with Gasteiger partial charge in [0.05, 0.1) is 5.25 Å². The SMILES string of the molecule is C[C@H](Sc1nnc(Nc2ccc(OC(F)(F)F)cc2)s1)C(=O)N1[C@H](C)CCC[C@H]1C. The van der Waals surface area contributed by atoms with E-state index in [1.807, 2.05) is 11.8 Å². The van der Waals surface area contributed by atoms with Crippen LogP contribution in [0.15, 0.2) is 28.6 Å². The first-order chi connectivity index (χ1) is 14.1. The third kappa shape index (κ3) is 6.00. The molecule has 11 heteroatoms. The highest BCUT2D eigenvalue weighted by atomic mass is 32.2. The molecular weight excluding hydrogens is 437 g/mol. The average Bonchev–Trinajstić information content (AvgIpc) is 3.08. The van der Waals surface area contributed by atoms with Gasteiger partial charge in [0.15, 0.2) is 4.34 Å². The number of rotatable bonds is 6. The number of benzene rings is 1. The van der Waals surface area contributed by atoms with Gasteiger partial charge in [-0.05, 0) is 64.3 Å². The minimum absolute atomic E-state index is 0.102. The first-order valence-corrected chi connectivity index (χ1v) is 11.3. The second-order valence-corrected chi connectivity index (χ2v) is 9.77. The quantitative estimate of drug-likeness (QED) is 0.578. The first-order valence-electron chi connectivity index (χ1n) is 9.57. The maximum atomic E-state index is 12.9. The van der Waals surface area contributed by atoms with Crippen LogP contribution in [0.4, 0.5) is 24.0 Å². The Bertz CT molecular complexity index is 850. The smallest absolute Gasteiger partial charge is 0.406 e. The number of likely N-dealkylation sites (tertiary alicyclic amines) is 1. The molecule has 1 N–H and O–H groups in total. The van der Waals surface area contributed by atoms with Crippen LogP contribution >= 0.6 is 23.1 Å². The Hall–Kier alpha value is -2.01. The number of halogens is 3. The second kappa shape index (κ2) is 9.42. The molecule has 0 aliphatic carbocycles. The molecule has 0 bridgehead atoms. The van der Waals surface area contributed by atoms with Crippen molar-refractivity contribution in [3.8, 4) is 5.75 Å². The molecule has 1 fully saturated rings. The zero-order valence-corrected chi connectivity index (χ0v) is 18.4. The van der Waals surface area contributed by atoms with Crippen LogP contribution in [0.5, 0.6) is 5.75 Å². The topological polar surface area (TPSA) is 67.4 Å². The normalized spacial score (nSPS) is 20.7. The van der Waals surface area contributed by atoms with Crippen molar-refractivity contribution in [2.45, 2.75) is 68.1 Å². The summed E-state index contributed by atoms with van der Waals surface area (Å²) in [4.78, 5) is 14.9. The summed E-state index contributed by atoms with van der Waals surface area (Å²) in [5.74, 6) is -0.195. The van der Waals surface area contributed by atoms with Gasteiger partial charge in [-0.2, -0.15) is 0 Å². The molecule has 0 unspecified atom stereocenters. The van der Waals surface area contributed by atoms with E-state index in [0.29, 0.717) is 15.2 Å². The largest absolute Gasteiger partial charge is 0.573 e. The van der Waals surface area contributed by atoms with Crippen LogP contribution in [-0.4, -0.2) is 44.7 Å². The van der Waals surface area contributed by atoms with Crippen LogP contribution in [0.25, 0.3) is 0 Å². The molecule has 164 valence electrons. The standard InChI is InChI=1S/C19H23F3N4O2S2/c1-11-5-4-6-12(2)26(11)16(27)13(3)29-18-25-24-17(30-18)23-14-7-9-15(10-8-14)28-19(20,21)22/h7-13H,4-6H2,1-3H3,(H,23,24)/t11-,12-,13+/m1/s1. The average molecular weight is 461 g/mol. The van der Waals surface area contributed by atoms with E-state index in [1.54, 1.807) is 0 Å². The third-order valence-corrected chi connectivity index (χ3v) is 6.83. The van der Waals surface area contributed by atoms with Crippen molar-refractivity contribution in [3.05, 3.63) is 24.3 Å². The summed E-state index contributed by atoms with van der Waals surface area (Å²) in [6.07, 6.45) is -1.54. The van der Waals surface area contributed by atoms with Crippen molar-refractivity contribution in [1.82, 2.24) is 15.1 Å².